The Morgan fingerprint density at radius 3 is 2.52 bits per heavy atom. The Morgan fingerprint density at radius 1 is 1.29 bits per heavy atom. The van der Waals surface area contributed by atoms with Crippen molar-refractivity contribution in [3.05, 3.63) is 18.0 Å². The fourth-order valence-electron chi connectivity index (χ4n) is 3.30. The van der Waals surface area contributed by atoms with Crippen LogP contribution in [-0.2, 0) is 11.8 Å². The number of hydrogen-bond donors (Lipinski definition) is 1. The number of nitrogens with one attached hydrogen (secondary N) is 1. The summed E-state index contributed by atoms with van der Waals surface area (Å²) in [5, 5.41) is 7.51. The fraction of sp³-hybridized carbons (Fsp3) is 0.714. The van der Waals surface area contributed by atoms with Crippen LogP contribution in [0.1, 0.15) is 30.9 Å². The molecule has 1 atom stereocenters. The lowest BCUT2D eigenvalue weighted by molar-refractivity contribution is -0.136. The van der Waals surface area contributed by atoms with Crippen molar-refractivity contribution in [1.29, 1.82) is 0 Å². The van der Waals surface area contributed by atoms with Gasteiger partial charge in [-0.05, 0) is 31.9 Å². The average molecular weight is 335 g/mol. The Bertz CT molecular complexity index is 452. The molecule has 2 fully saturated rings. The molecule has 0 radical (unpaired) electrons. The Labute approximate surface area is 138 Å². The number of carbonyl (C=O) groups excluding carboxylic acids is 1. The van der Waals surface area contributed by atoms with E-state index in [1.165, 1.54) is 5.69 Å². The van der Waals surface area contributed by atoms with Gasteiger partial charge in [0.25, 0.3) is 0 Å². The molecule has 7 heteroatoms. The maximum Gasteiger partial charge on any atom is 0.227 e. The van der Waals surface area contributed by atoms with Gasteiger partial charge in [0, 0.05) is 44.5 Å². The lowest BCUT2D eigenvalue weighted by Crippen LogP contribution is -2.42. The summed E-state index contributed by atoms with van der Waals surface area (Å²) in [6, 6.07) is 2.10. The zero-order chi connectivity index (χ0) is 13.2. The van der Waals surface area contributed by atoms with Crippen LogP contribution in [-0.4, -0.2) is 46.8 Å². The molecule has 21 heavy (non-hydrogen) atoms. The standard InChI is InChI=1S/C14H22N4O.2ClH/c1-17-13(3-7-16-17)11-4-8-18(9-5-11)14(19)12-2-6-15-10-12;;/h3,7,11-12,15H,2,4-6,8-10H2,1H3;2*1H. The van der Waals surface area contributed by atoms with E-state index >= 15 is 0 Å². The molecular weight excluding hydrogens is 311 g/mol. The lowest BCUT2D eigenvalue weighted by atomic mass is 9.92. The fourth-order valence-corrected chi connectivity index (χ4v) is 3.30. The zero-order valence-electron chi connectivity index (χ0n) is 12.3. The summed E-state index contributed by atoms with van der Waals surface area (Å²) in [6.45, 7) is 3.64. The molecule has 0 bridgehead atoms. The normalized spacial score (nSPS) is 22.5. The summed E-state index contributed by atoms with van der Waals surface area (Å²) in [4.78, 5) is 14.4. The molecule has 3 rings (SSSR count). The van der Waals surface area contributed by atoms with Crippen molar-refractivity contribution in [3.63, 3.8) is 0 Å². The first kappa shape index (κ1) is 18.3. The Kier molecular flexibility index (Phi) is 6.97. The van der Waals surface area contributed by atoms with Crippen molar-refractivity contribution in [1.82, 2.24) is 20.0 Å². The Morgan fingerprint density at radius 2 is 2.00 bits per heavy atom. The van der Waals surface area contributed by atoms with E-state index in [9.17, 15) is 4.79 Å². The van der Waals surface area contributed by atoms with Gasteiger partial charge in [-0.3, -0.25) is 9.48 Å². The summed E-state index contributed by atoms with van der Waals surface area (Å²) in [5.74, 6) is 1.12. The van der Waals surface area contributed by atoms with Crippen LogP contribution in [0.25, 0.3) is 0 Å². The SMILES string of the molecule is Cl.Cl.Cn1nccc1C1CCN(C(=O)C2CCNC2)CC1. The first-order valence-corrected chi connectivity index (χ1v) is 7.23. The lowest BCUT2D eigenvalue weighted by Gasteiger charge is -2.33. The first-order chi connectivity index (χ1) is 9.25. The number of aromatic nitrogens is 2. The molecule has 2 aliphatic heterocycles. The van der Waals surface area contributed by atoms with Gasteiger partial charge in [0.05, 0.1) is 5.92 Å². The first-order valence-electron chi connectivity index (χ1n) is 7.23. The van der Waals surface area contributed by atoms with Crippen molar-refractivity contribution in [2.75, 3.05) is 26.2 Å². The minimum Gasteiger partial charge on any atom is -0.342 e. The number of aryl methyl sites for hydroxylation is 1. The molecule has 0 aliphatic carbocycles. The highest BCUT2D eigenvalue weighted by atomic mass is 35.5. The highest BCUT2D eigenvalue weighted by Crippen LogP contribution is 2.28. The predicted molar refractivity (Wildman–Crippen MR) is 87.2 cm³/mol. The number of rotatable bonds is 2. The Hall–Kier alpha value is -0.780. The van der Waals surface area contributed by atoms with Crippen LogP contribution in [0.4, 0.5) is 0 Å². The third-order valence-corrected chi connectivity index (χ3v) is 4.49. The minimum absolute atomic E-state index is 0. The van der Waals surface area contributed by atoms with Crippen LogP contribution in [0.2, 0.25) is 0 Å². The van der Waals surface area contributed by atoms with E-state index in [2.05, 4.69) is 21.4 Å². The molecular formula is C14H24Cl2N4O. The van der Waals surface area contributed by atoms with Crippen LogP contribution >= 0.6 is 24.8 Å². The van der Waals surface area contributed by atoms with Crippen LogP contribution in [0.3, 0.4) is 0 Å². The van der Waals surface area contributed by atoms with Gasteiger partial charge in [-0.15, -0.1) is 24.8 Å². The largest absolute Gasteiger partial charge is 0.342 e. The average Bonchev–Trinajstić information content (AvgIpc) is 3.09. The van der Waals surface area contributed by atoms with E-state index in [-0.39, 0.29) is 30.7 Å². The summed E-state index contributed by atoms with van der Waals surface area (Å²) in [7, 11) is 2.00. The quantitative estimate of drug-likeness (QED) is 0.893. The number of likely N-dealkylation sites (tertiary alicyclic amines) is 1. The highest BCUT2D eigenvalue weighted by Gasteiger charge is 2.30. The van der Waals surface area contributed by atoms with Crippen LogP contribution in [0.15, 0.2) is 12.3 Å². The molecule has 0 aromatic carbocycles. The smallest absolute Gasteiger partial charge is 0.227 e. The molecule has 120 valence electrons. The maximum absolute atomic E-state index is 12.3. The second-order valence-corrected chi connectivity index (χ2v) is 5.67. The Balaban J connectivity index is 0.00000110. The van der Waals surface area contributed by atoms with Crippen LogP contribution in [0.5, 0.6) is 0 Å². The van der Waals surface area contributed by atoms with E-state index in [1.54, 1.807) is 0 Å². The number of halogens is 2. The van der Waals surface area contributed by atoms with Gasteiger partial charge in [0.15, 0.2) is 0 Å². The van der Waals surface area contributed by atoms with E-state index in [4.69, 9.17) is 0 Å². The molecule has 1 aromatic rings. The van der Waals surface area contributed by atoms with Gasteiger partial charge < -0.3 is 10.2 Å². The van der Waals surface area contributed by atoms with Crippen LogP contribution < -0.4 is 5.32 Å². The molecule has 1 N–H and O–H groups in total. The minimum atomic E-state index is 0. The number of carbonyl (C=O) groups is 1. The predicted octanol–water partition coefficient (Wildman–Crippen LogP) is 1.58. The van der Waals surface area contributed by atoms with Crippen molar-refractivity contribution >= 4 is 30.7 Å². The molecule has 0 spiro atoms. The second kappa shape index (κ2) is 8.01. The zero-order valence-corrected chi connectivity index (χ0v) is 14.0. The third kappa shape index (κ3) is 3.90. The van der Waals surface area contributed by atoms with Crippen molar-refractivity contribution in [2.24, 2.45) is 13.0 Å². The monoisotopic (exact) mass is 334 g/mol. The van der Waals surface area contributed by atoms with Gasteiger partial charge in [-0.2, -0.15) is 5.10 Å². The van der Waals surface area contributed by atoms with Gasteiger partial charge in [0.2, 0.25) is 5.91 Å². The topological polar surface area (TPSA) is 50.2 Å². The van der Waals surface area contributed by atoms with E-state index in [0.717, 1.165) is 45.4 Å². The second-order valence-electron chi connectivity index (χ2n) is 5.67. The molecule has 3 heterocycles. The van der Waals surface area contributed by atoms with E-state index < -0.39 is 0 Å². The summed E-state index contributed by atoms with van der Waals surface area (Å²) < 4.78 is 1.96. The molecule has 1 amide bonds. The van der Waals surface area contributed by atoms with E-state index in [1.807, 2.05) is 17.9 Å². The van der Waals surface area contributed by atoms with Crippen LogP contribution in [0, 0.1) is 5.92 Å². The van der Waals surface area contributed by atoms with Gasteiger partial charge >= 0.3 is 0 Å². The highest BCUT2D eigenvalue weighted by molar-refractivity contribution is 5.85. The van der Waals surface area contributed by atoms with E-state index in [0.29, 0.717) is 11.8 Å². The molecule has 0 saturated carbocycles. The molecule has 2 aliphatic rings. The van der Waals surface area contributed by atoms with Gasteiger partial charge in [-0.1, -0.05) is 0 Å². The number of nitrogens with zero attached hydrogens (tertiary/aromatic N) is 3. The summed E-state index contributed by atoms with van der Waals surface area (Å²) in [6.07, 6.45) is 4.98. The molecule has 2 saturated heterocycles. The maximum atomic E-state index is 12.3. The summed E-state index contributed by atoms with van der Waals surface area (Å²) >= 11 is 0. The molecule has 5 nitrogen and oxygen atoms in total. The third-order valence-electron chi connectivity index (χ3n) is 4.49. The van der Waals surface area contributed by atoms with Gasteiger partial charge in [-0.25, -0.2) is 0 Å². The molecule has 1 aromatic heterocycles. The number of piperidine rings is 1. The summed E-state index contributed by atoms with van der Waals surface area (Å²) in [5.41, 5.74) is 1.30. The molecule has 1 unspecified atom stereocenters. The number of hydrogen-bond acceptors (Lipinski definition) is 3. The van der Waals surface area contributed by atoms with Crippen molar-refractivity contribution in [3.8, 4) is 0 Å². The van der Waals surface area contributed by atoms with Crippen molar-refractivity contribution < 1.29 is 4.79 Å². The number of amides is 1. The van der Waals surface area contributed by atoms with Gasteiger partial charge in [0.1, 0.15) is 0 Å². The van der Waals surface area contributed by atoms with Crippen molar-refractivity contribution in [2.45, 2.75) is 25.2 Å².